The van der Waals surface area contributed by atoms with Gasteiger partial charge in [0.2, 0.25) is 11.8 Å². The van der Waals surface area contributed by atoms with E-state index in [9.17, 15) is 14.0 Å². The first kappa shape index (κ1) is 15.5. The highest BCUT2D eigenvalue weighted by atomic mass is 19.1. The van der Waals surface area contributed by atoms with E-state index in [2.05, 4.69) is 5.32 Å². The Bertz CT molecular complexity index is 531. The van der Waals surface area contributed by atoms with E-state index >= 15 is 0 Å². The Labute approximate surface area is 124 Å². The highest BCUT2D eigenvalue weighted by Gasteiger charge is 2.35. The molecule has 114 valence electrons. The Hall–Kier alpha value is -1.91. The van der Waals surface area contributed by atoms with Crippen molar-refractivity contribution in [3.63, 3.8) is 0 Å². The Morgan fingerprint density at radius 3 is 2.86 bits per heavy atom. The zero-order chi connectivity index (χ0) is 15.4. The maximum atomic E-state index is 13.0. The summed E-state index contributed by atoms with van der Waals surface area (Å²) >= 11 is 0. The molecular formula is C16H21FN2O2. The van der Waals surface area contributed by atoms with Crippen LogP contribution in [-0.2, 0) is 16.0 Å². The molecule has 2 rings (SSSR count). The molecule has 1 aliphatic rings. The van der Waals surface area contributed by atoms with Gasteiger partial charge in [0.1, 0.15) is 5.82 Å². The van der Waals surface area contributed by atoms with E-state index < -0.39 is 0 Å². The van der Waals surface area contributed by atoms with E-state index in [0.717, 1.165) is 5.56 Å². The predicted molar refractivity (Wildman–Crippen MR) is 78.1 cm³/mol. The third-order valence-corrected chi connectivity index (χ3v) is 3.75. The maximum absolute atomic E-state index is 13.0. The number of rotatable bonds is 5. The van der Waals surface area contributed by atoms with Crippen molar-refractivity contribution in [2.45, 2.75) is 32.7 Å². The van der Waals surface area contributed by atoms with Crippen LogP contribution in [0.5, 0.6) is 0 Å². The van der Waals surface area contributed by atoms with Crippen LogP contribution in [0.1, 0.15) is 25.8 Å². The van der Waals surface area contributed by atoms with Gasteiger partial charge in [-0.1, -0.05) is 12.1 Å². The monoisotopic (exact) mass is 292 g/mol. The van der Waals surface area contributed by atoms with Crippen molar-refractivity contribution in [2.75, 3.05) is 13.1 Å². The summed E-state index contributed by atoms with van der Waals surface area (Å²) < 4.78 is 13.0. The van der Waals surface area contributed by atoms with Gasteiger partial charge in [-0.3, -0.25) is 9.59 Å². The molecule has 1 saturated heterocycles. The molecule has 4 nitrogen and oxygen atoms in total. The summed E-state index contributed by atoms with van der Waals surface area (Å²) in [4.78, 5) is 25.6. The Kier molecular flexibility index (Phi) is 4.94. The van der Waals surface area contributed by atoms with E-state index in [-0.39, 0.29) is 36.0 Å². The SMILES string of the molecule is CC(C)N1C[C@@H](C(=O)NCCc2cccc(F)c2)CC1=O. The zero-order valence-corrected chi connectivity index (χ0v) is 12.4. The van der Waals surface area contributed by atoms with E-state index in [4.69, 9.17) is 0 Å². The number of carbonyl (C=O) groups excluding carboxylic acids is 2. The molecule has 0 unspecified atom stereocenters. The summed E-state index contributed by atoms with van der Waals surface area (Å²) in [6.07, 6.45) is 0.863. The molecule has 1 aromatic carbocycles. The molecule has 1 N–H and O–H groups in total. The third kappa shape index (κ3) is 4.03. The molecule has 0 radical (unpaired) electrons. The van der Waals surface area contributed by atoms with Crippen LogP contribution in [0.4, 0.5) is 4.39 Å². The van der Waals surface area contributed by atoms with Gasteiger partial charge < -0.3 is 10.2 Å². The van der Waals surface area contributed by atoms with Gasteiger partial charge in [0.05, 0.1) is 5.92 Å². The van der Waals surface area contributed by atoms with Gasteiger partial charge in [0.15, 0.2) is 0 Å². The molecule has 2 amide bonds. The van der Waals surface area contributed by atoms with Crippen LogP contribution in [0, 0.1) is 11.7 Å². The van der Waals surface area contributed by atoms with E-state index in [1.165, 1.54) is 12.1 Å². The minimum Gasteiger partial charge on any atom is -0.355 e. The summed E-state index contributed by atoms with van der Waals surface area (Å²) in [6.45, 7) is 4.83. The zero-order valence-electron chi connectivity index (χ0n) is 12.4. The van der Waals surface area contributed by atoms with Crippen molar-refractivity contribution < 1.29 is 14.0 Å². The topological polar surface area (TPSA) is 49.4 Å². The fourth-order valence-electron chi connectivity index (χ4n) is 2.57. The lowest BCUT2D eigenvalue weighted by molar-refractivity contribution is -0.129. The fraction of sp³-hybridized carbons (Fsp3) is 0.500. The van der Waals surface area contributed by atoms with Crippen molar-refractivity contribution >= 4 is 11.8 Å². The van der Waals surface area contributed by atoms with Gasteiger partial charge in [-0.25, -0.2) is 4.39 Å². The van der Waals surface area contributed by atoms with E-state index in [1.807, 2.05) is 19.9 Å². The first-order valence-electron chi connectivity index (χ1n) is 7.29. The van der Waals surface area contributed by atoms with Crippen LogP contribution >= 0.6 is 0 Å². The van der Waals surface area contributed by atoms with Crippen LogP contribution in [0.25, 0.3) is 0 Å². The smallest absolute Gasteiger partial charge is 0.225 e. The van der Waals surface area contributed by atoms with Crippen LogP contribution in [0.3, 0.4) is 0 Å². The normalized spacial score (nSPS) is 18.4. The molecule has 1 atom stereocenters. The minimum atomic E-state index is -0.271. The third-order valence-electron chi connectivity index (χ3n) is 3.75. The van der Waals surface area contributed by atoms with Crippen LogP contribution in [-0.4, -0.2) is 35.8 Å². The van der Waals surface area contributed by atoms with Gasteiger partial charge in [-0.05, 0) is 38.0 Å². The van der Waals surface area contributed by atoms with Crippen molar-refractivity contribution in [1.82, 2.24) is 10.2 Å². The van der Waals surface area contributed by atoms with Crippen molar-refractivity contribution in [3.05, 3.63) is 35.6 Å². The summed E-state index contributed by atoms with van der Waals surface area (Å²) in [6, 6.07) is 6.47. The molecule has 5 heteroatoms. The lowest BCUT2D eigenvalue weighted by atomic mass is 10.1. The molecule has 1 aliphatic heterocycles. The molecule has 0 spiro atoms. The second kappa shape index (κ2) is 6.70. The number of nitrogens with zero attached hydrogens (tertiary/aromatic N) is 1. The minimum absolute atomic E-state index is 0.0373. The second-order valence-corrected chi connectivity index (χ2v) is 5.71. The van der Waals surface area contributed by atoms with Gasteiger partial charge >= 0.3 is 0 Å². The largest absolute Gasteiger partial charge is 0.355 e. The summed E-state index contributed by atoms with van der Waals surface area (Å²) in [7, 11) is 0. The Morgan fingerprint density at radius 2 is 2.24 bits per heavy atom. The summed E-state index contributed by atoms with van der Waals surface area (Å²) in [5, 5.41) is 2.83. The molecule has 1 fully saturated rings. The van der Waals surface area contributed by atoms with Crippen LogP contribution in [0.15, 0.2) is 24.3 Å². The van der Waals surface area contributed by atoms with Crippen LogP contribution in [0.2, 0.25) is 0 Å². The number of carbonyl (C=O) groups is 2. The lowest BCUT2D eigenvalue weighted by Gasteiger charge is -2.20. The van der Waals surface area contributed by atoms with Crippen molar-refractivity contribution in [2.24, 2.45) is 5.92 Å². The molecule has 1 aromatic rings. The number of amides is 2. The maximum Gasteiger partial charge on any atom is 0.225 e. The molecule has 0 aromatic heterocycles. The quantitative estimate of drug-likeness (QED) is 0.898. The summed E-state index contributed by atoms with van der Waals surface area (Å²) in [5.41, 5.74) is 0.849. The lowest BCUT2D eigenvalue weighted by Crippen LogP contribution is -2.36. The number of hydrogen-bond donors (Lipinski definition) is 1. The molecular weight excluding hydrogens is 271 g/mol. The number of hydrogen-bond acceptors (Lipinski definition) is 2. The molecule has 1 heterocycles. The van der Waals surface area contributed by atoms with Gasteiger partial charge in [0.25, 0.3) is 0 Å². The first-order valence-corrected chi connectivity index (χ1v) is 7.29. The Balaban J connectivity index is 1.79. The number of nitrogens with one attached hydrogen (secondary N) is 1. The average Bonchev–Trinajstić information content (AvgIpc) is 2.81. The first-order chi connectivity index (χ1) is 9.97. The van der Waals surface area contributed by atoms with Gasteiger partial charge in [-0.15, -0.1) is 0 Å². The van der Waals surface area contributed by atoms with Crippen molar-refractivity contribution in [3.8, 4) is 0 Å². The average molecular weight is 292 g/mol. The van der Waals surface area contributed by atoms with Gasteiger partial charge in [0, 0.05) is 25.6 Å². The number of benzene rings is 1. The molecule has 0 saturated carbocycles. The fourth-order valence-corrected chi connectivity index (χ4v) is 2.57. The standard InChI is InChI=1S/C16H21FN2O2/c1-11(2)19-10-13(9-15(19)20)16(21)18-7-6-12-4-3-5-14(17)8-12/h3-5,8,11,13H,6-7,9-10H2,1-2H3,(H,18,21)/t13-/m0/s1. The second-order valence-electron chi connectivity index (χ2n) is 5.71. The number of halogens is 1. The highest BCUT2D eigenvalue weighted by molar-refractivity contribution is 5.89. The Morgan fingerprint density at radius 1 is 1.48 bits per heavy atom. The van der Waals surface area contributed by atoms with Crippen molar-refractivity contribution in [1.29, 1.82) is 0 Å². The van der Waals surface area contributed by atoms with Crippen LogP contribution < -0.4 is 5.32 Å². The number of likely N-dealkylation sites (tertiary alicyclic amines) is 1. The molecule has 0 bridgehead atoms. The van der Waals surface area contributed by atoms with E-state index in [0.29, 0.717) is 19.5 Å². The molecule has 21 heavy (non-hydrogen) atoms. The highest BCUT2D eigenvalue weighted by Crippen LogP contribution is 2.20. The molecule has 0 aliphatic carbocycles. The van der Waals surface area contributed by atoms with E-state index in [1.54, 1.807) is 11.0 Å². The summed E-state index contributed by atoms with van der Waals surface area (Å²) in [5.74, 6) is -0.599. The predicted octanol–water partition coefficient (Wildman–Crippen LogP) is 1.74. The van der Waals surface area contributed by atoms with Gasteiger partial charge in [-0.2, -0.15) is 0 Å².